The lowest BCUT2D eigenvalue weighted by Gasteiger charge is -2.10. The third-order valence-electron chi connectivity index (χ3n) is 3.30. The van der Waals surface area contributed by atoms with E-state index in [1.807, 2.05) is 0 Å². The Morgan fingerprint density at radius 3 is 2.62 bits per heavy atom. The quantitative estimate of drug-likeness (QED) is 0.583. The molecule has 4 nitrogen and oxygen atoms in total. The van der Waals surface area contributed by atoms with Gasteiger partial charge in [-0.25, -0.2) is 0 Å². The van der Waals surface area contributed by atoms with Crippen LogP contribution in [0.5, 0.6) is 5.75 Å². The fourth-order valence-corrected chi connectivity index (χ4v) is 2.51. The van der Waals surface area contributed by atoms with Gasteiger partial charge in [0.25, 0.3) is 0 Å². The maximum absolute atomic E-state index is 12.3. The summed E-state index contributed by atoms with van der Waals surface area (Å²) in [4.78, 5) is 23.1. The van der Waals surface area contributed by atoms with Crippen molar-refractivity contribution in [3.8, 4) is 5.75 Å². The van der Waals surface area contributed by atoms with E-state index in [9.17, 15) is 14.7 Å². The van der Waals surface area contributed by atoms with Gasteiger partial charge in [0.15, 0.2) is 5.78 Å². The Hall–Kier alpha value is -2.30. The molecule has 124 valence electrons. The van der Waals surface area contributed by atoms with Gasteiger partial charge in [0, 0.05) is 23.5 Å². The highest BCUT2D eigenvalue weighted by Gasteiger charge is 2.09. The van der Waals surface area contributed by atoms with Gasteiger partial charge in [-0.15, -0.1) is 0 Å². The molecule has 0 amide bonds. The lowest BCUT2D eigenvalue weighted by atomic mass is 10.0. The maximum atomic E-state index is 12.3. The predicted octanol–water partition coefficient (Wildman–Crippen LogP) is 3.19. The summed E-state index contributed by atoms with van der Waals surface area (Å²) in [7, 11) is 1.43. The first-order valence-electron chi connectivity index (χ1n) is 6.95. The van der Waals surface area contributed by atoms with Gasteiger partial charge < -0.3 is 14.6 Å². The molecule has 6 heteroatoms. The van der Waals surface area contributed by atoms with Gasteiger partial charge in [0.2, 0.25) is 0 Å². The molecular weight excluding hydrogens is 351 g/mol. The molecule has 0 fully saturated rings. The standard InChI is InChI=1S/C18H14Cl2O4/c1-24-16-8-6-12(9-13(16)10-17(22)23)15(21)7-5-11-3-2-4-14(19)18(11)20/h2-9H,10H2,1H3,(H,22,23)/p-1/b7-5+. The fourth-order valence-electron chi connectivity index (χ4n) is 2.14. The van der Waals surface area contributed by atoms with Crippen LogP contribution in [0.2, 0.25) is 10.0 Å². The monoisotopic (exact) mass is 363 g/mol. The van der Waals surface area contributed by atoms with E-state index >= 15 is 0 Å². The molecule has 0 unspecified atom stereocenters. The molecule has 0 aromatic heterocycles. The highest BCUT2D eigenvalue weighted by atomic mass is 35.5. The van der Waals surface area contributed by atoms with Crippen LogP contribution in [0.4, 0.5) is 0 Å². The van der Waals surface area contributed by atoms with Crippen molar-refractivity contribution in [3.63, 3.8) is 0 Å². The smallest absolute Gasteiger partial charge is 0.185 e. The number of carbonyl (C=O) groups is 2. The maximum Gasteiger partial charge on any atom is 0.185 e. The normalized spacial score (nSPS) is 10.8. The predicted molar refractivity (Wildman–Crippen MR) is 91.5 cm³/mol. The van der Waals surface area contributed by atoms with E-state index < -0.39 is 5.97 Å². The molecule has 24 heavy (non-hydrogen) atoms. The second-order valence-electron chi connectivity index (χ2n) is 4.92. The van der Waals surface area contributed by atoms with E-state index in [0.717, 1.165) is 0 Å². The van der Waals surface area contributed by atoms with Crippen LogP contribution in [-0.2, 0) is 11.2 Å². The Morgan fingerprint density at radius 2 is 1.96 bits per heavy atom. The Morgan fingerprint density at radius 1 is 1.21 bits per heavy atom. The molecule has 0 N–H and O–H groups in total. The van der Waals surface area contributed by atoms with Crippen molar-refractivity contribution < 1.29 is 19.4 Å². The van der Waals surface area contributed by atoms with Gasteiger partial charge in [-0.05, 0) is 42.0 Å². The number of allylic oxidation sites excluding steroid dienone is 1. The number of hydrogen-bond acceptors (Lipinski definition) is 4. The molecule has 0 heterocycles. The Kier molecular flexibility index (Phi) is 6.01. The van der Waals surface area contributed by atoms with Crippen molar-refractivity contribution in [2.45, 2.75) is 6.42 Å². The zero-order chi connectivity index (χ0) is 17.7. The van der Waals surface area contributed by atoms with Crippen LogP contribution in [0.15, 0.2) is 42.5 Å². The van der Waals surface area contributed by atoms with E-state index in [0.29, 0.717) is 32.5 Å². The van der Waals surface area contributed by atoms with Crippen LogP contribution in [-0.4, -0.2) is 18.9 Å². The highest BCUT2D eigenvalue weighted by Crippen LogP contribution is 2.27. The van der Waals surface area contributed by atoms with E-state index in [4.69, 9.17) is 27.9 Å². The summed E-state index contributed by atoms with van der Waals surface area (Å²) in [6, 6.07) is 9.69. The number of carboxylic acid groups (broad SMARTS) is 1. The van der Waals surface area contributed by atoms with Crippen molar-refractivity contribution >= 4 is 41.0 Å². The van der Waals surface area contributed by atoms with Gasteiger partial charge >= 0.3 is 0 Å². The zero-order valence-electron chi connectivity index (χ0n) is 12.7. The molecule has 0 spiro atoms. The molecule has 2 aromatic rings. The molecule has 0 saturated heterocycles. The molecule has 0 bridgehead atoms. The Labute approximate surface area is 149 Å². The largest absolute Gasteiger partial charge is 0.550 e. The third kappa shape index (κ3) is 4.37. The number of carboxylic acids is 1. The topological polar surface area (TPSA) is 66.4 Å². The van der Waals surface area contributed by atoms with Crippen molar-refractivity contribution in [1.82, 2.24) is 0 Å². The van der Waals surface area contributed by atoms with Gasteiger partial charge in [0.1, 0.15) is 5.75 Å². The minimum atomic E-state index is -1.25. The van der Waals surface area contributed by atoms with Crippen molar-refractivity contribution in [1.29, 1.82) is 0 Å². The summed E-state index contributed by atoms with van der Waals surface area (Å²) >= 11 is 12.0. The molecular formula is C18H13Cl2O4-. The number of aliphatic carboxylic acids is 1. The Bertz CT molecular complexity index is 813. The number of carbonyl (C=O) groups excluding carboxylic acids is 2. The van der Waals surface area contributed by atoms with E-state index in [1.165, 1.54) is 19.3 Å². The summed E-state index contributed by atoms with van der Waals surface area (Å²) < 4.78 is 5.09. The molecule has 0 aliphatic heterocycles. The number of ketones is 1. The van der Waals surface area contributed by atoms with Crippen LogP contribution in [0, 0.1) is 0 Å². The summed E-state index contributed by atoms with van der Waals surface area (Å²) in [6.07, 6.45) is 2.56. The first kappa shape index (κ1) is 18.0. The highest BCUT2D eigenvalue weighted by molar-refractivity contribution is 6.42. The van der Waals surface area contributed by atoms with Gasteiger partial charge in [-0.1, -0.05) is 35.3 Å². The van der Waals surface area contributed by atoms with E-state index in [-0.39, 0.29) is 12.2 Å². The first-order chi connectivity index (χ1) is 11.4. The molecule has 0 radical (unpaired) electrons. The number of rotatable bonds is 6. The molecule has 0 saturated carbocycles. The SMILES string of the molecule is COc1ccc(C(=O)/C=C/c2cccc(Cl)c2Cl)cc1CC(=O)[O-]. The summed E-state index contributed by atoms with van der Waals surface area (Å²) in [5, 5.41) is 11.6. The van der Waals surface area contributed by atoms with Crippen LogP contribution in [0.3, 0.4) is 0 Å². The molecule has 2 rings (SSSR count). The summed E-state index contributed by atoms with van der Waals surface area (Å²) in [5.74, 6) is -1.16. The van der Waals surface area contributed by atoms with Crippen LogP contribution < -0.4 is 9.84 Å². The van der Waals surface area contributed by atoms with Gasteiger partial charge in [-0.3, -0.25) is 4.79 Å². The molecule has 0 atom stereocenters. The number of ether oxygens (including phenoxy) is 1. The lowest BCUT2D eigenvalue weighted by Crippen LogP contribution is -2.24. The van der Waals surface area contributed by atoms with E-state index in [1.54, 1.807) is 36.4 Å². The number of halogens is 2. The fraction of sp³-hybridized carbons (Fsp3) is 0.111. The minimum absolute atomic E-state index is 0.298. The van der Waals surface area contributed by atoms with E-state index in [2.05, 4.69) is 0 Å². The molecule has 0 aliphatic rings. The van der Waals surface area contributed by atoms with Crippen molar-refractivity contribution in [2.24, 2.45) is 0 Å². The number of methoxy groups -OCH3 is 1. The zero-order valence-corrected chi connectivity index (χ0v) is 14.2. The van der Waals surface area contributed by atoms with Gasteiger partial charge in [-0.2, -0.15) is 0 Å². The second-order valence-corrected chi connectivity index (χ2v) is 5.70. The lowest BCUT2D eigenvalue weighted by molar-refractivity contribution is -0.304. The number of benzene rings is 2. The van der Waals surface area contributed by atoms with Crippen LogP contribution in [0.25, 0.3) is 6.08 Å². The number of hydrogen-bond donors (Lipinski definition) is 0. The van der Waals surface area contributed by atoms with Crippen LogP contribution in [0.1, 0.15) is 21.5 Å². The van der Waals surface area contributed by atoms with Gasteiger partial charge in [0.05, 0.1) is 17.2 Å². The average molecular weight is 364 g/mol. The third-order valence-corrected chi connectivity index (χ3v) is 4.13. The summed E-state index contributed by atoms with van der Waals surface area (Å²) in [5.41, 5.74) is 1.32. The van der Waals surface area contributed by atoms with Crippen molar-refractivity contribution in [2.75, 3.05) is 7.11 Å². The van der Waals surface area contributed by atoms with Crippen LogP contribution >= 0.6 is 23.2 Å². The minimum Gasteiger partial charge on any atom is -0.550 e. The van der Waals surface area contributed by atoms with Crippen molar-refractivity contribution in [3.05, 3.63) is 69.2 Å². The molecule has 2 aromatic carbocycles. The Balaban J connectivity index is 2.27. The first-order valence-corrected chi connectivity index (χ1v) is 7.71. The average Bonchev–Trinajstić information content (AvgIpc) is 2.55. The second kappa shape index (κ2) is 7.99. The summed E-state index contributed by atoms with van der Waals surface area (Å²) in [6.45, 7) is 0. The molecule has 0 aliphatic carbocycles.